The maximum atomic E-state index is 12.3. The van der Waals surface area contributed by atoms with E-state index in [9.17, 15) is 4.79 Å². The van der Waals surface area contributed by atoms with Crippen LogP contribution in [0, 0.1) is 11.8 Å². The Morgan fingerprint density at radius 2 is 2.32 bits per heavy atom. The third-order valence-electron chi connectivity index (χ3n) is 4.64. The number of carbonyl (C=O) groups excluding carboxylic acids is 1. The van der Waals surface area contributed by atoms with Gasteiger partial charge in [0.1, 0.15) is 0 Å². The van der Waals surface area contributed by atoms with E-state index in [1.54, 1.807) is 11.3 Å². The second-order valence-corrected chi connectivity index (χ2v) is 7.40. The summed E-state index contributed by atoms with van der Waals surface area (Å²) in [5.41, 5.74) is 1.23. The first-order chi connectivity index (χ1) is 10.3. The quantitative estimate of drug-likeness (QED) is 0.880. The summed E-state index contributed by atoms with van der Waals surface area (Å²) in [5, 5.41) is 7.15. The summed E-state index contributed by atoms with van der Waals surface area (Å²) < 4.78 is 0. The van der Waals surface area contributed by atoms with Gasteiger partial charge in [-0.05, 0) is 44.6 Å². The molecule has 2 unspecified atom stereocenters. The van der Waals surface area contributed by atoms with Gasteiger partial charge in [-0.1, -0.05) is 19.8 Å². The molecule has 0 saturated carbocycles. The zero-order valence-electron chi connectivity index (χ0n) is 13.2. The summed E-state index contributed by atoms with van der Waals surface area (Å²) in [6.45, 7) is 4.09. The zero-order valence-corrected chi connectivity index (χ0v) is 14.8. The van der Waals surface area contributed by atoms with Crippen molar-refractivity contribution in [1.82, 2.24) is 10.3 Å². The number of thiazole rings is 1. The van der Waals surface area contributed by atoms with E-state index in [1.165, 1.54) is 29.8 Å². The maximum Gasteiger partial charge on any atom is 0.230 e. The summed E-state index contributed by atoms with van der Waals surface area (Å²) in [4.78, 5) is 18.3. The zero-order chi connectivity index (χ0) is 14.7. The van der Waals surface area contributed by atoms with Crippen LogP contribution in [0.1, 0.15) is 49.6 Å². The van der Waals surface area contributed by atoms with Crippen LogP contribution in [0.5, 0.6) is 0 Å². The highest BCUT2D eigenvalue weighted by atomic mass is 35.5. The molecule has 1 amide bonds. The molecule has 1 aromatic rings. The van der Waals surface area contributed by atoms with Crippen LogP contribution in [-0.2, 0) is 17.6 Å². The largest absolute Gasteiger partial charge is 0.316 e. The van der Waals surface area contributed by atoms with Crippen LogP contribution >= 0.6 is 23.7 Å². The van der Waals surface area contributed by atoms with E-state index in [2.05, 4.69) is 22.5 Å². The van der Waals surface area contributed by atoms with E-state index in [0.29, 0.717) is 0 Å². The minimum atomic E-state index is 0. The van der Waals surface area contributed by atoms with Crippen molar-refractivity contribution >= 4 is 34.8 Å². The minimum Gasteiger partial charge on any atom is -0.316 e. The number of fused-ring (bicyclic) bond motifs is 1. The van der Waals surface area contributed by atoms with Crippen molar-refractivity contribution in [2.45, 2.75) is 51.9 Å². The van der Waals surface area contributed by atoms with Gasteiger partial charge in [0.25, 0.3) is 0 Å². The van der Waals surface area contributed by atoms with Gasteiger partial charge in [0, 0.05) is 11.4 Å². The van der Waals surface area contributed by atoms with Gasteiger partial charge in [0.05, 0.1) is 11.6 Å². The summed E-state index contributed by atoms with van der Waals surface area (Å²) in [6, 6.07) is 0. The molecule has 1 aliphatic heterocycles. The lowest BCUT2D eigenvalue weighted by Crippen LogP contribution is -2.37. The van der Waals surface area contributed by atoms with E-state index in [1.807, 2.05) is 0 Å². The molecule has 2 heterocycles. The topological polar surface area (TPSA) is 54.0 Å². The first-order valence-electron chi connectivity index (χ1n) is 8.26. The van der Waals surface area contributed by atoms with E-state index in [4.69, 9.17) is 0 Å². The second kappa shape index (κ2) is 8.27. The van der Waals surface area contributed by atoms with Gasteiger partial charge in [-0.2, -0.15) is 0 Å². The van der Waals surface area contributed by atoms with Crippen molar-refractivity contribution in [3.05, 3.63) is 10.6 Å². The predicted molar refractivity (Wildman–Crippen MR) is 94.0 cm³/mol. The maximum absolute atomic E-state index is 12.3. The average Bonchev–Trinajstić information content (AvgIpc) is 2.90. The van der Waals surface area contributed by atoms with Crippen molar-refractivity contribution in [2.75, 3.05) is 18.4 Å². The molecule has 6 heteroatoms. The molecule has 3 rings (SSSR count). The third-order valence-corrected chi connectivity index (χ3v) is 5.67. The lowest BCUT2D eigenvalue weighted by molar-refractivity contribution is -0.120. The van der Waals surface area contributed by atoms with Crippen molar-refractivity contribution in [1.29, 1.82) is 0 Å². The summed E-state index contributed by atoms with van der Waals surface area (Å²) in [7, 11) is 0. The summed E-state index contributed by atoms with van der Waals surface area (Å²) in [5.74, 6) is 1.06. The van der Waals surface area contributed by atoms with Crippen molar-refractivity contribution in [2.24, 2.45) is 11.8 Å². The molecule has 1 aliphatic carbocycles. The Morgan fingerprint density at radius 1 is 1.45 bits per heavy atom. The molecule has 0 radical (unpaired) electrons. The summed E-state index contributed by atoms with van der Waals surface area (Å²) >= 11 is 1.69. The fourth-order valence-electron chi connectivity index (χ4n) is 3.43. The molecule has 1 aromatic heterocycles. The standard InChI is InChI=1S/C16H25N3OS.ClH/c1-2-4-11-6-7-13-14(9-11)21-16(18-13)19-15(20)12-5-3-8-17-10-12;/h11-12,17H,2-10H2,1H3,(H,18,19,20);1H. The molecule has 0 bridgehead atoms. The Bertz CT molecular complexity index is 500. The molecular weight excluding hydrogens is 318 g/mol. The number of halogens is 1. The lowest BCUT2D eigenvalue weighted by Gasteiger charge is -2.21. The van der Waals surface area contributed by atoms with Gasteiger partial charge in [0.15, 0.2) is 5.13 Å². The Kier molecular flexibility index (Phi) is 6.66. The van der Waals surface area contributed by atoms with Crippen LogP contribution < -0.4 is 10.6 Å². The first kappa shape index (κ1) is 17.7. The number of piperidine rings is 1. The third kappa shape index (κ3) is 4.21. The van der Waals surface area contributed by atoms with Crippen LogP contribution in [0.3, 0.4) is 0 Å². The normalized spacial score (nSPS) is 24.2. The number of carbonyl (C=O) groups is 1. The van der Waals surface area contributed by atoms with Crippen molar-refractivity contribution in [3.63, 3.8) is 0 Å². The molecule has 124 valence electrons. The predicted octanol–water partition coefficient (Wildman–Crippen LogP) is 3.41. The number of aromatic nitrogens is 1. The van der Waals surface area contributed by atoms with Crippen LogP contribution in [0.25, 0.3) is 0 Å². The minimum absolute atomic E-state index is 0. The van der Waals surface area contributed by atoms with Gasteiger partial charge >= 0.3 is 0 Å². The Morgan fingerprint density at radius 3 is 3.05 bits per heavy atom. The SMILES string of the molecule is CCCC1CCc2nc(NC(=O)C3CCCNC3)sc2C1.Cl. The van der Waals surface area contributed by atoms with Gasteiger partial charge < -0.3 is 10.6 Å². The Hall–Kier alpha value is -0.650. The van der Waals surface area contributed by atoms with Gasteiger partial charge in [-0.3, -0.25) is 4.79 Å². The highest BCUT2D eigenvalue weighted by Crippen LogP contribution is 2.34. The van der Waals surface area contributed by atoms with Gasteiger partial charge in [-0.25, -0.2) is 4.98 Å². The summed E-state index contributed by atoms with van der Waals surface area (Å²) in [6.07, 6.45) is 8.14. The monoisotopic (exact) mass is 343 g/mol. The highest BCUT2D eigenvalue weighted by Gasteiger charge is 2.25. The fraction of sp³-hybridized carbons (Fsp3) is 0.750. The number of nitrogens with one attached hydrogen (secondary N) is 2. The number of hydrogen-bond acceptors (Lipinski definition) is 4. The first-order valence-corrected chi connectivity index (χ1v) is 9.08. The van der Waals surface area contributed by atoms with Crippen LogP contribution in [0.4, 0.5) is 5.13 Å². The van der Waals surface area contributed by atoms with Crippen molar-refractivity contribution in [3.8, 4) is 0 Å². The number of hydrogen-bond donors (Lipinski definition) is 2. The molecule has 2 aliphatic rings. The molecule has 4 nitrogen and oxygen atoms in total. The van der Waals surface area contributed by atoms with Crippen LogP contribution in [-0.4, -0.2) is 24.0 Å². The number of anilines is 1. The van der Waals surface area contributed by atoms with Gasteiger partial charge in [0.2, 0.25) is 5.91 Å². The van der Waals surface area contributed by atoms with E-state index in [-0.39, 0.29) is 24.2 Å². The van der Waals surface area contributed by atoms with E-state index in [0.717, 1.165) is 49.8 Å². The number of nitrogens with zero attached hydrogens (tertiary/aromatic N) is 1. The number of aryl methyl sites for hydroxylation is 1. The average molecular weight is 344 g/mol. The Balaban J connectivity index is 0.00000176. The van der Waals surface area contributed by atoms with E-state index < -0.39 is 0 Å². The molecule has 0 spiro atoms. The second-order valence-electron chi connectivity index (χ2n) is 6.32. The van der Waals surface area contributed by atoms with Crippen molar-refractivity contribution < 1.29 is 4.79 Å². The molecule has 2 N–H and O–H groups in total. The molecule has 1 saturated heterocycles. The molecular formula is C16H26ClN3OS. The smallest absolute Gasteiger partial charge is 0.230 e. The lowest BCUT2D eigenvalue weighted by atomic mass is 9.88. The fourth-order valence-corrected chi connectivity index (χ4v) is 4.56. The number of rotatable bonds is 4. The van der Waals surface area contributed by atoms with E-state index >= 15 is 0 Å². The highest BCUT2D eigenvalue weighted by molar-refractivity contribution is 7.15. The molecule has 22 heavy (non-hydrogen) atoms. The van der Waals surface area contributed by atoms with Crippen LogP contribution in [0.2, 0.25) is 0 Å². The number of amides is 1. The molecule has 1 fully saturated rings. The van der Waals surface area contributed by atoms with Crippen LogP contribution in [0.15, 0.2) is 0 Å². The molecule has 0 aromatic carbocycles. The van der Waals surface area contributed by atoms with Gasteiger partial charge in [-0.15, -0.1) is 23.7 Å². The Labute approximate surface area is 142 Å². The molecule has 2 atom stereocenters.